The second kappa shape index (κ2) is 16.0. The van der Waals surface area contributed by atoms with Crippen molar-refractivity contribution in [1.82, 2.24) is 0 Å². The lowest BCUT2D eigenvalue weighted by Crippen LogP contribution is -2.52. The molecule has 11 heteroatoms. The van der Waals surface area contributed by atoms with Gasteiger partial charge in [0, 0.05) is 0 Å². The van der Waals surface area contributed by atoms with Gasteiger partial charge in [0.2, 0.25) is 6.10 Å². The van der Waals surface area contributed by atoms with Crippen molar-refractivity contribution in [3.8, 4) is 0 Å². The average Bonchev–Trinajstić information content (AvgIpc) is 3.18. The van der Waals surface area contributed by atoms with Gasteiger partial charge in [0.25, 0.3) is 0 Å². The smallest absolute Gasteiger partial charge is 0.345 e. The summed E-state index contributed by atoms with van der Waals surface area (Å²) >= 11 is 0. The molecule has 0 bridgehead atoms. The van der Waals surface area contributed by atoms with E-state index in [9.17, 15) is 44.4 Å². The van der Waals surface area contributed by atoms with Gasteiger partial charge < -0.3 is 29.9 Å². The molecule has 5 unspecified atom stereocenters. The van der Waals surface area contributed by atoms with Gasteiger partial charge in [0.1, 0.15) is 5.92 Å². The first-order valence-electron chi connectivity index (χ1n) is 13.0. The molecule has 1 saturated heterocycles. The summed E-state index contributed by atoms with van der Waals surface area (Å²) in [5.74, 6) is -11.1. The molecule has 0 saturated carbocycles. The van der Waals surface area contributed by atoms with Crippen molar-refractivity contribution in [3.05, 3.63) is 12.2 Å². The van der Waals surface area contributed by atoms with E-state index in [2.05, 4.69) is 6.92 Å². The zero-order valence-electron chi connectivity index (χ0n) is 21.6. The predicted octanol–water partition coefficient (Wildman–Crippen LogP) is 3.88. The molecule has 0 spiro atoms. The van der Waals surface area contributed by atoms with Crippen LogP contribution >= 0.6 is 0 Å². The molecule has 1 fully saturated rings. The number of unbranched alkanes of at least 4 members (excludes halogenated alkanes) is 8. The van der Waals surface area contributed by atoms with Crippen molar-refractivity contribution in [2.75, 3.05) is 0 Å². The van der Waals surface area contributed by atoms with Crippen molar-refractivity contribution >= 4 is 29.8 Å². The van der Waals surface area contributed by atoms with Gasteiger partial charge in [-0.15, -0.1) is 0 Å². The molecular formula is C26H40O11. The van der Waals surface area contributed by atoms with Crippen molar-refractivity contribution < 1.29 is 53.9 Å². The fourth-order valence-corrected chi connectivity index (χ4v) is 4.58. The Bertz CT molecular complexity index is 821. The van der Waals surface area contributed by atoms with Crippen molar-refractivity contribution in [1.29, 1.82) is 0 Å². The van der Waals surface area contributed by atoms with Crippen LogP contribution in [0.2, 0.25) is 0 Å². The van der Waals surface area contributed by atoms with Crippen LogP contribution in [0.5, 0.6) is 0 Å². The number of allylic oxidation sites excluding steroid dienone is 1. The van der Waals surface area contributed by atoms with Gasteiger partial charge in [0.15, 0.2) is 5.60 Å². The molecule has 0 aromatic rings. The Labute approximate surface area is 216 Å². The first-order valence-corrected chi connectivity index (χ1v) is 13.0. The zero-order chi connectivity index (χ0) is 28.0. The molecule has 1 aliphatic heterocycles. The summed E-state index contributed by atoms with van der Waals surface area (Å²) in [6, 6.07) is 0. The molecule has 37 heavy (non-hydrogen) atoms. The summed E-state index contributed by atoms with van der Waals surface area (Å²) in [5, 5.41) is 37.9. The number of carboxylic acids is 4. The summed E-state index contributed by atoms with van der Waals surface area (Å²) in [6.45, 7) is 3.55. The largest absolute Gasteiger partial charge is 0.481 e. The van der Waals surface area contributed by atoms with Crippen molar-refractivity contribution in [2.45, 2.75) is 109 Å². The molecule has 0 radical (unpaired) electrons. The van der Waals surface area contributed by atoms with E-state index in [1.807, 2.05) is 0 Å². The van der Waals surface area contributed by atoms with E-state index in [-0.39, 0.29) is 12.8 Å². The first-order chi connectivity index (χ1) is 17.5. The van der Waals surface area contributed by atoms with E-state index >= 15 is 0 Å². The molecule has 1 heterocycles. The molecule has 210 valence electrons. The van der Waals surface area contributed by atoms with E-state index < -0.39 is 65.9 Å². The summed E-state index contributed by atoms with van der Waals surface area (Å²) in [4.78, 5) is 59.8. The fraction of sp³-hybridized carbons (Fsp3) is 0.731. The standard InChI is InChI=1S/C26H40O11/c1-3-5-6-7-8-9-10-11-12-13-14-17-15-19(23(31)32)26(37-17,16-20(27)28)25(35)36-21(24(33)34)18(4-2)22(29)30/h13-14,17-19,21H,3-12,15-16H2,1-2H3,(H,27,28)(H,29,30)(H,31,32)(H,33,34)/b14-13+. The van der Waals surface area contributed by atoms with E-state index in [1.54, 1.807) is 12.2 Å². The molecule has 0 aromatic carbocycles. The normalized spacial score (nSPS) is 23.0. The Kier molecular flexibility index (Phi) is 13.9. The second-order valence-electron chi connectivity index (χ2n) is 9.45. The van der Waals surface area contributed by atoms with Gasteiger partial charge in [-0.2, -0.15) is 0 Å². The lowest BCUT2D eigenvalue weighted by atomic mass is 9.83. The topological polar surface area (TPSA) is 185 Å². The van der Waals surface area contributed by atoms with Gasteiger partial charge in [0.05, 0.1) is 18.4 Å². The third-order valence-electron chi connectivity index (χ3n) is 6.62. The van der Waals surface area contributed by atoms with Crippen LogP contribution in [0.3, 0.4) is 0 Å². The summed E-state index contributed by atoms with van der Waals surface area (Å²) in [5.41, 5.74) is -2.50. The summed E-state index contributed by atoms with van der Waals surface area (Å²) in [6.07, 6.45) is 8.65. The van der Waals surface area contributed by atoms with Crippen LogP contribution in [0.25, 0.3) is 0 Å². The highest BCUT2D eigenvalue weighted by molar-refractivity contribution is 5.93. The van der Waals surface area contributed by atoms with E-state index in [0.717, 1.165) is 19.3 Å². The number of hydrogen-bond acceptors (Lipinski definition) is 7. The van der Waals surface area contributed by atoms with Crippen LogP contribution in [0, 0.1) is 11.8 Å². The number of carbonyl (C=O) groups excluding carboxylic acids is 1. The fourth-order valence-electron chi connectivity index (χ4n) is 4.58. The second-order valence-corrected chi connectivity index (χ2v) is 9.45. The van der Waals surface area contributed by atoms with Crippen LogP contribution < -0.4 is 0 Å². The summed E-state index contributed by atoms with van der Waals surface area (Å²) < 4.78 is 10.6. The lowest BCUT2D eigenvalue weighted by Gasteiger charge is -2.31. The number of ether oxygens (including phenoxy) is 2. The number of hydrogen-bond donors (Lipinski definition) is 4. The quantitative estimate of drug-likeness (QED) is 0.108. The lowest BCUT2D eigenvalue weighted by molar-refractivity contribution is -0.195. The molecule has 1 rings (SSSR count). The minimum absolute atomic E-state index is 0.196. The highest BCUT2D eigenvalue weighted by Crippen LogP contribution is 2.41. The number of carbonyl (C=O) groups is 5. The van der Waals surface area contributed by atoms with E-state index in [4.69, 9.17) is 9.47 Å². The van der Waals surface area contributed by atoms with Crippen molar-refractivity contribution in [2.24, 2.45) is 11.8 Å². The average molecular weight is 529 g/mol. The van der Waals surface area contributed by atoms with Crippen LogP contribution in [-0.4, -0.2) is 68.1 Å². The Morgan fingerprint density at radius 3 is 2.00 bits per heavy atom. The van der Waals surface area contributed by atoms with Gasteiger partial charge in [-0.05, 0) is 25.7 Å². The molecule has 0 aromatic heterocycles. The highest BCUT2D eigenvalue weighted by Gasteiger charge is 2.60. The number of rotatable bonds is 19. The van der Waals surface area contributed by atoms with E-state index in [1.165, 1.54) is 39.0 Å². The molecular weight excluding hydrogens is 488 g/mol. The minimum atomic E-state index is -2.50. The van der Waals surface area contributed by atoms with Gasteiger partial charge in [-0.1, -0.05) is 70.9 Å². The Balaban J connectivity index is 2.94. The number of carboxylic acid groups (broad SMARTS) is 4. The van der Waals surface area contributed by atoms with Crippen LogP contribution in [-0.2, 0) is 33.4 Å². The third-order valence-corrected chi connectivity index (χ3v) is 6.62. The summed E-state index contributed by atoms with van der Waals surface area (Å²) in [7, 11) is 0. The van der Waals surface area contributed by atoms with Gasteiger partial charge >= 0.3 is 29.8 Å². The predicted molar refractivity (Wildman–Crippen MR) is 131 cm³/mol. The zero-order valence-corrected chi connectivity index (χ0v) is 21.6. The molecule has 0 aliphatic carbocycles. The van der Waals surface area contributed by atoms with Crippen LogP contribution in [0.1, 0.15) is 90.9 Å². The van der Waals surface area contributed by atoms with Crippen LogP contribution in [0.4, 0.5) is 0 Å². The molecule has 4 N–H and O–H groups in total. The minimum Gasteiger partial charge on any atom is -0.481 e. The molecule has 11 nitrogen and oxygen atoms in total. The SMILES string of the molecule is CCCCCCCCCC/C=C/C1CC(C(=O)O)C(CC(=O)O)(C(=O)OC(C(=O)O)C(CC)C(=O)O)O1. The van der Waals surface area contributed by atoms with Gasteiger partial charge in [-0.3, -0.25) is 14.4 Å². The number of aliphatic carboxylic acids is 4. The first kappa shape index (κ1) is 32.1. The molecule has 5 atom stereocenters. The number of esters is 1. The van der Waals surface area contributed by atoms with Crippen molar-refractivity contribution in [3.63, 3.8) is 0 Å². The maximum Gasteiger partial charge on any atom is 0.345 e. The van der Waals surface area contributed by atoms with Crippen LogP contribution in [0.15, 0.2) is 12.2 Å². The van der Waals surface area contributed by atoms with Gasteiger partial charge in [-0.25, -0.2) is 9.59 Å². The Morgan fingerprint density at radius 2 is 1.51 bits per heavy atom. The molecule has 1 aliphatic rings. The monoisotopic (exact) mass is 528 g/mol. The maximum absolute atomic E-state index is 13.1. The molecule has 0 amide bonds. The highest BCUT2D eigenvalue weighted by atomic mass is 16.6. The Hall–Kier alpha value is -2.95. The third kappa shape index (κ3) is 9.79. The maximum atomic E-state index is 13.1. The van der Waals surface area contributed by atoms with E-state index in [0.29, 0.717) is 6.42 Å². The Morgan fingerprint density at radius 1 is 0.919 bits per heavy atom.